The van der Waals surface area contributed by atoms with Crippen molar-refractivity contribution in [3.63, 3.8) is 0 Å². The summed E-state index contributed by atoms with van der Waals surface area (Å²) in [5, 5.41) is 3.36. The molecule has 0 saturated heterocycles. The molecule has 0 radical (unpaired) electrons. The van der Waals surface area contributed by atoms with Crippen molar-refractivity contribution in [3.8, 4) is 11.5 Å². The summed E-state index contributed by atoms with van der Waals surface area (Å²) in [7, 11) is -3.90. The van der Waals surface area contributed by atoms with Gasteiger partial charge >= 0.3 is 0 Å². The Hall–Kier alpha value is -4.34. The first-order valence-corrected chi connectivity index (χ1v) is 16.4. The largest absolute Gasteiger partial charge is 0.457 e. The van der Waals surface area contributed by atoms with Gasteiger partial charge in [0.1, 0.15) is 24.1 Å². The summed E-state index contributed by atoms with van der Waals surface area (Å²) < 4.78 is 33.0. The van der Waals surface area contributed by atoms with Crippen molar-refractivity contribution in [3.05, 3.63) is 125 Å². The van der Waals surface area contributed by atoms with Gasteiger partial charge in [-0.2, -0.15) is 0 Å². The van der Waals surface area contributed by atoms with E-state index in [1.54, 1.807) is 48.5 Å². The van der Waals surface area contributed by atoms with Crippen LogP contribution in [0.1, 0.15) is 25.0 Å². The summed E-state index contributed by atoms with van der Waals surface area (Å²) in [6.45, 7) is 3.16. The van der Waals surface area contributed by atoms with Crippen LogP contribution in [0.3, 0.4) is 0 Å². The molecule has 8 nitrogen and oxygen atoms in total. The number of anilines is 1. The van der Waals surface area contributed by atoms with E-state index in [-0.39, 0.29) is 30.6 Å². The molecule has 0 aliphatic rings. The highest BCUT2D eigenvalue weighted by atomic mass is 35.5. The third kappa shape index (κ3) is 9.08. The number of hydrogen-bond acceptors (Lipinski definition) is 5. The summed E-state index contributed by atoms with van der Waals surface area (Å²) in [4.78, 5) is 29.2. The maximum atomic E-state index is 14.2. The molecule has 1 unspecified atom stereocenters. The van der Waals surface area contributed by atoms with E-state index >= 15 is 0 Å². The van der Waals surface area contributed by atoms with Crippen LogP contribution >= 0.6 is 11.6 Å². The normalized spacial score (nSPS) is 11.9. The molecule has 0 bridgehead atoms. The molecule has 10 heteroatoms. The first kappa shape index (κ1) is 32.6. The fourth-order valence-corrected chi connectivity index (χ4v) is 5.71. The lowest BCUT2D eigenvalue weighted by atomic mass is 10.0. The maximum Gasteiger partial charge on any atom is 0.244 e. The number of benzene rings is 4. The Morgan fingerprint density at radius 3 is 1.98 bits per heavy atom. The number of ether oxygens (including phenoxy) is 1. The lowest BCUT2D eigenvalue weighted by Gasteiger charge is -2.34. The summed E-state index contributed by atoms with van der Waals surface area (Å²) in [5.41, 5.74) is 1.76. The average Bonchev–Trinajstić information content (AvgIpc) is 2.99. The van der Waals surface area contributed by atoms with Crippen molar-refractivity contribution in [1.29, 1.82) is 0 Å². The van der Waals surface area contributed by atoms with Gasteiger partial charge in [0.05, 0.1) is 11.9 Å². The molecule has 0 aliphatic carbocycles. The molecule has 0 aromatic heterocycles. The second kappa shape index (κ2) is 14.9. The van der Waals surface area contributed by atoms with Crippen molar-refractivity contribution in [2.75, 3.05) is 17.1 Å². The predicted molar refractivity (Wildman–Crippen MR) is 174 cm³/mol. The molecule has 0 aliphatic heterocycles. The Morgan fingerprint density at radius 1 is 0.818 bits per heavy atom. The molecule has 230 valence electrons. The highest BCUT2D eigenvalue weighted by Gasteiger charge is 2.33. The van der Waals surface area contributed by atoms with Crippen LogP contribution < -0.4 is 14.4 Å². The number of rotatable bonds is 13. The zero-order valence-electron chi connectivity index (χ0n) is 24.9. The lowest BCUT2D eigenvalue weighted by molar-refractivity contribution is -0.140. The zero-order valence-corrected chi connectivity index (χ0v) is 26.5. The molecule has 4 aromatic carbocycles. The first-order valence-electron chi connectivity index (χ1n) is 14.2. The van der Waals surface area contributed by atoms with Crippen LogP contribution in [0.15, 0.2) is 109 Å². The molecule has 44 heavy (non-hydrogen) atoms. The maximum absolute atomic E-state index is 14.2. The zero-order chi connectivity index (χ0) is 31.7. The summed E-state index contributed by atoms with van der Waals surface area (Å²) in [6.07, 6.45) is 1.26. The molecule has 1 atom stereocenters. The van der Waals surface area contributed by atoms with E-state index in [9.17, 15) is 18.0 Å². The smallest absolute Gasteiger partial charge is 0.244 e. The van der Waals surface area contributed by atoms with Gasteiger partial charge in [-0.15, -0.1) is 0 Å². The second-order valence-electron chi connectivity index (χ2n) is 10.7. The molecular formula is C34H36ClN3O5S. The van der Waals surface area contributed by atoms with Gasteiger partial charge < -0.3 is 15.0 Å². The second-order valence-corrected chi connectivity index (χ2v) is 13.0. The van der Waals surface area contributed by atoms with E-state index in [2.05, 4.69) is 5.32 Å². The van der Waals surface area contributed by atoms with Crippen LogP contribution in [0.5, 0.6) is 11.5 Å². The van der Waals surface area contributed by atoms with Gasteiger partial charge in [-0.05, 0) is 67.4 Å². The van der Waals surface area contributed by atoms with Gasteiger partial charge in [0.25, 0.3) is 0 Å². The quantitative estimate of drug-likeness (QED) is 0.193. The van der Waals surface area contributed by atoms with Crippen LogP contribution in [0.25, 0.3) is 0 Å². The van der Waals surface area contributed by atoms with Gasteiger partial charge in [-0.1, -0.05) is 78.3 Å². The molecule has 0 spiro atoms. The van der Waals surface area contributed by atoms with Gasteiger partial charge in [0, 0.05) is 24.0 Å². The Morgan fingerprint density at radius 2 is 1.39 bits per heavy atom. The Labute approximate surface area is 264 Å². The lowest BCUT2D eigenvalue weighted by Crippen LogP contribution is -2.54. The fraction of sp³-hybridized carbons (Fsp3) is 0.235. The number of carbonyl (C=O) groups is 2. The van der Waals surface area contributed by atoms with Crippen LogP contribution in [0, 0.1) is 0 Å². The van der Waals surface area contributed by atoms with E-state index in [1.807, 2.05) is 74.5 Å². The molecule has 0 heterocycles. The molecule has 2 amide bonds. The predicted octanol–water partition coefficient (Wildman–Crippen LogP) is 6.06. The number of nitrogens with zero attached hydrogens (tertiary/aromatic N) is 2. The topological polar surface area (TPSA) is 96.0 Å². The summed E-state index contributed by atoms with van der Waals surface area (Å²) in [6, 6.07) is 31.0. The van der Waals surface area contributed by atoms with Crippen LogP contribution in [-0.2, 0) is 32.6 Å². The van der Waals surface area contributed by atoms with Gasteiger partial charge in [-0.25, -0.2) is 8.42 Å². The summed E-state index contributed by atoms with van der Waals surface area (Å²) in [5.74, 6) is 0.237. The molecule has 4 aromatic rings. The van der Waals surface area contributed by atoms with E-state index in [0.717, 1.165) is 16.1 Å². The van der Waals surface area contributed by atoms with Crippen molar-refractivity contribution in [1.82, 2.24) is 10.2 Å². The SMILES string of the molecule is CC(C)NC(=O)C(Cc1ccccc1)N(Cc1ccccc1Cl)C(=O)CN(c1ccc(Oc2ccccc2)cc1)S(C)(=O)=O. The molecule has 1 N–H and O–H groups in total. The number of amides is 2. The number of para-hydroxylation sites is 1. The number of nitrogens with one attached hydrogen (secondary N) is 1. The highest BCUT2D eigenvalue weighted by molar-refractivity contribution is 7.92. The summed E-state index contributed by atoms with van der Waals surface area (Å²) >= 11 is 6.49. The first-order chi connectivity index (χ1) is 21.0. The van der Waals surface area contributed by atoms with Crippen molar-refractivity contribution < 1.29 is 22.7 Å². The highest BCUT2D eigenvalue weighted by Crippen LogP contribution is 2.27. The van der Waals surface area contributed by atoms with E-state index in [0.29, 0.717) is 22.1 Å². The fourth-order valence-electron chi connectivity index (χ4n) is 4.66. The Kier molecular flexibility index (Phi) is 11.0. The molecule has 0 fully saturated rings. The van der Waals surface area contributed by atoms with E-state index in [4.69, 9.17) is 16.3 Å². The van der Waals surface area contributed by atoms with Crippen LogP contribution in [-0.4, -0.2) is 50.0 Å². The minimum Gasteiger partial charge on any atom is -0.457 e. The van der Waals surface area contributed by atoms with E-state index < -0.39 is 28.5 Å². The van der Waals surface area contributed by atoms with Gasteiger partial charge in [0.15, 0.2) is 0 Å². The van der Waals surface area contributed by atoms with Gasteiger partial charge in [-0.3, -0.25) is 13.9 Å². The Bertz CT molecular complexity index is 1650. The number of hydrogen-bond donors (Lipinski definition) is 1. The minimum absolute atomic E-state index is 0.00295. The average molecular weight is 634 g/mol. The van der Waals surface area contributed by atoms with Crippen molar-refractivity contribution in [2.45, 2.75) is 38.9 Å². The number of halogens is 1. The van der Waals surface area contributed by atoms with Crippen LogP contribution in [0.2, 0.25) is 5.02 Å². The Balaban J connectivity index is 1.68. The number of carbonyl (C=O) groups excluding carboxylic acids is 2. The minimum atomic E-state index is -3.90. The third-order valence-corrected chi connectivity index (χ3v) is 8.29. The molecule has 0 saturated carbocycles. The third-order valence-electron chi connectivity index (χ3n) is 6.78. The van der Waals surface area contributed by atoms with Crippen molar-refractivity contribution >= 4 is 39.1 Å². The number of sulfonamides is 1. The van der Waals surface area contributed by atoms with Crippen molar-refractivity contribution in [2.24, 2.45) is 0 Å². The molecular weight excluding hydrogens is 598 g/mol. The van der Waals surface area contributed by atoms with Gasteiger partial charge in [0.2, 0.25) is 21.8 Å². The standard InChI is InChI=1S/C34H36ClN3O5S/c1-25(2)36-34(40)32(22-26-12-6-4-7-13-26)37(23-27-14-10-11-17-31(27)35)33(39)24-38(44(3,41)42)28-18-20-30(21-19-28)43-29-15-8-5-9-16-29/h4-21,25,32H,22-24H2,1-3H3,(H,36,40). The molecule has 4 rings (SSSR count). The monoisotopic (exact) mass is 633 g/mol. The van der Waals surface area contributed by atoms with E-state index in [1.165, 1.54) is 4.90 Å². The van der Waals surface area contributed by atoms with Crippen LogP contribution in [0.4, 0.5) is 5.69 Å².